The van der Waals surface area contributed by atoms with E-state index >= 15 is 4.39 Å². The molecule has 0 spiro atoms. The lowest BCUT2D eigenvalue weighted by Crippen LogP contribution is -2.49. The average molecular weight is 465 g/mol. The van der Waals surface area contributed by atoms with Crippen LogP contribution in [0.5, 0.6) is 0 Å². The maximum atomic E-state index is 15.2. The van der Waals surface area contributed by atoms with Gasteiger partial charge in [0.25, 0.3) is 5.91 Å². The molecule has 0 radical (unpaired) electrons. The molecule has 9 heteroatoms. The van der Waals surface area contributed by atoms with E-state index in [1.807, 2.05) is 18.2 Å². The zero-order chi connectivity index (χ0) is 22.9. The second kappa shape index (κ2) is 8.88. The Morgan fingerprint density at radius 3 is 2.85 bits per heavy atom. The van der Waals surface area contributed by atoms with Crippen molar-refractivity contribution in [1.82, 2.24) is 25.3 Å². The maximum Gasteiger partial charge on any atom is 0.262 e. The van der Waals surface area contributed by atoms with Gasteiger partial charge in [0.1, 0.15) is 17.3 Å². The quantitative estimate of drug-likeness (QED) is 0.489. The first-order valence-corrected chi connectivity index (χ1v) is 11.1. The standard InChI is InChI=1S/C24H22ClFN6O/c1-31-14-22(29-30-31)16-4-6-20(21(26)12-16)24(33)32(18-3-2-9-27-13-18)23-19-7-5-17(25)11-15(19)8-10-28-23/h4-8,10-12,14,18,27H,2-3,9,13H2,1H3/t18-/m1/s1. The van der Waals surface area contributed by atoms with E-state index in [-0.39, 0.29) is 11.6 Å². The molecule has 0 unspecified atom stereocenters. The number of anilines is 1. The number of hydrogen-bond acceptors (Lipinski definition) is 5. The highest BCUT2D eigenvalue weighted by Crippen LogP contribution is 2.31. The topological polar surface area (TPSA) is 75.9 Å². The van der Waals surface area contributed by atoms with Crippen molar-refractivity contribution in [2.24, 2.45) is 7.05 Å². The van der Waals surface area contributed by atoms with Crippen molar-refractivity contribution in [2.75, 3.05) is 18.0 Å². The minimum Gasteiger partial charge on any atom is -0.315 e. The van der Waals surface area contributed by atoms with E-state index in [0.717, 1.165) is 30.2 Å². The molecule has 33 heavy (non-hydrogen) atoms. The number of aryl methyl sites for hydroxylation is 1. The summed E-state index contributed by atoms with van der Waals surface area (Å²) < 4.78 is 16.8. The zero-order valence-corrected chi connectivity index (χ0v) is 18.8. The first-order valence-electron chi connectivity index (χ1n) is 10.8. The average Bonchev–Trinajstić information content (AvgIpc) is 3.26. The number of nitrogens with one attached hydrogen (secondary N) is 1. The molecule has 4 aromatic rings. The Labute approximate surface area is 195 Å². The summed E-state index contributed by atoms with van der Waals surface area (Å²) in [4.78, 5) is 20.0. The summed E-state index contributed by atoms with van der Waals surface area (Å²) >= 11 is 6.17. The fourth-order valence-corrected chi connectivity index (χ4v) is 4.45. The third-order valence-corrected chi connectivity index (χ3v) is 6.12. The van der Waals surface area contributed by atoms with E-state index in [1.54, 1.807) is 41.2 Å². The Balaban J connectivity index is 1.59. The van der Waals surface area contributed by atoms with Crippen LogP contribution in [0.15, 0.2) is 54.9 Å². The number of rotatable bonds is 4. The van der Waals surface area contributed by atoms with Gasteiger partial charge in [0.2, 0.25) is 0 Å². The molecule has 1 atom stereocenters. The molecule has 5 rings (SSSR count). The summed E-state index contributed by atoms with van der Waals surface area (Å²) in [7, 11) is 1.74. The van der Waals surface area contributed by atoms with Gasteiger partial charge in [-0.1, -0.05) is 22.9 Å². The second-order valence-electron chi connectivity index (χ2n) is 8.15. The van der Waals surface area contributed by atoms with Crippen LogP contribution in [0.4, 0.5) is 10.2 Å². The van der Waals surface area contributed by atoms with Gasteiger partial charge in [-0.05, 0) is 61.2 Å². The molecular formula is C24H22ClFN6O. The summed E-state index contributed by atoms with van der Waals surface area (Å²) in [5, 5.41) is 13.5. The van der Waals surface area contributed by atoms with Crippen LogP contribution < -0.4 is 10.2 Å². The fraction of sp³-hybridized carbons (Fsp3) is 0.250. The van der Waals surface area contributed by atoms with Crippen molar-refractivity contribution in [3.8, 4) is 11.3 Å². The number of benzene rings is 2. The molecule has 3 heterocycles. The van der Waals surface area contributed by atoms with E-state index in [4.69, 9.17) is 11.6 Å². The van der Waals surface area contributed by atoms with Crippen LogP contribution in [0.25, 0.3) is 22.0 Å². The Morgan fingerprint density at radius 2 is 2.12 bits per heavy atom. The van der Waals surface area contributed by atoms with Gasteiger partial charge in [-0.2, -0.15) is 0 Å². The number of piperidine rings is 1. The molecule has 1 aliphatic heterocycles. The highest BCUT2D eigenvalue weighted by molar-refractivity contribution is 6.31. The third-order valence-electron chi connectivity index (χ3n) is 5.89. The Morgan fingerprint density at radius 1 is 1.24 bits per heavy atom. The van der Waals surface area contributed by atoms with Gasteiger partial charge < -0.3 is 5.32 Å². The molecule has 1 N–H and O–H groups in total. The van der Waals surface area contributed by atoms with E-state index in [0.29, 0.717) is 28.6 Å². The molecule has 0 bridgehead atoms. The third kappa shape index (κ3) is 4.19. The molecule has 1 amide bonds. The summed E-state index contributed by atoms with van der Waals surface area (Å²) in [6, 6.07) is 11.7. The van der Waals surface area contributed by atoms with Gasteiger partial charge in [0.15, 0.2) is 0 Å². The van der Waals surface area contributed by atoms with E-state index < -0.39 is 11.7 Å². The first-order chi connectivity index (χ1) is 16.0. The van der Waals surface area contributed by atoms with Crippen molar-refractivity contribution in [1.29, 1.82) is 0 Å². The van der Waals surface area contributed by atoms with E-state index in [9.17, 15) is 4.79 Å². The number of carbonyl (C=O) groups excluding carboxylic acids is 1. The molecule has 168 valence electrons. The molecule has 1 aliphatic rings. The molecular weight excluding hydrogens is 443 g/mol. The van der Waals surface area contributed by atoms with E-state index in [2.05, 4.69) is 20.6 Å². The van der Waals surface area contributed by atoms with E-state index in [1.165, 1.54) is 12.1 Å². The van der Waals surface area contributed by atoms with Crippen LogP contribution in [0, 0.1) is 5.82 Å². The van der Waals surface area contributed by atoms with Gasteiger partial charge in [0.05, 0.1) is 17.8 Å². The minimum absolute atomic E-state index is 0.0130. The summed E-state index contributed by atoms with van der Waals surface area (Å²) in [5.74, 6) is -0.540. The number of carbonyl (C=O) groups is 1. The Hall–Kier alpha value is -3.36. The lowest BCUT2D eigenvalue weighted by atomic mass is 10.0. The zero-order valence-electron chi connectivity index (χ0n) is 18.0. The molecule has 1 fully saturated rings. The van der Waals surface area contributed by atoms with Gasteiger partial charge in [-0.3, -0.25) is 14.4 Å². The van der Waals surface area contributed by atoms with Crippen LogP contribution in [0.1, 0.15) is 23.2 Å². The van der Waals surface area contributed by atoms with Crippen molar-refractivity contribution < 1.29 is 9.18 Å². The van der Waals surface area contributed by atoms with Gasteiger partial charge in [-0.25, -0.2) is 9.37 Å². The summed E-state index contributed by atoms with van der Waals surface area (Å²) in [6.07, 6.45) is 5.06. The highest BCUT2D eigenvalue weighted by Gasteiger charge is 2.31. The van der Waals surface area contributed by atoms with Gasteiger partial charge in [-0.15, -0.1) is 5.10 Å². The minimum atomic E-state index is -0.611. The van der Waals surface area contributed by atoms with Gasteiger partial charge >= 0.3 is 0 Å². The number of halogens is 2. The summed E-state index contributed by atoms with van der Waals surface area (Å²) in [5.41, 5.74) is 1.08. The van der Waals surface area contributed by atoms with Crippen LogP contribution in [-0.2, 0) is 7.05 Å². The predicted octanol–water partition coefficient (Wildman–Crippen LogP) is 4.22. The Bertz CT molecular complexity index is 1330. The Kier molecular flexibility index (Phi) is 5.78. The fourth-order valence-electron chi connectivity index (χ4n) is 4.27. The number of amides is 1. The number of aromatic nitrogens is 4. The normalized spacial score (nSPS) is 16.2. The molecule has 0 saturated carbocycles. The van der Waals surface area contributed by atoms with Crippen LogP contribution in [0.2, 0.25) is 5.02 Å². The van der Waals surface area contributed by atoms with Crippen LogP contribution in [-0.4, -0.2) is 45.0 Å². The smallest absolute Gasteiger partial charge is 0.262 e. The van der Waals surface area contributed by atoms with Crippen molar-refractivity contribution >= 4 is 34.1 Å². The maximum absolute atomic E-state index is 15.2. The molecule has 0 aliphatic carbocycles. The second-order valence-corrected chi connectivity index (χ2v) is 8.58. The first kappa shape index (κ1) is 21.5. The SMILES string of the molecule is Cn1cc(-c2ccc(C(=O)N(c3nccc4cc(Cl)ccc34)[C@@H]3CCCNC3)c(F)c2)nn1. The highest BCUT2D eigenvalue weighted by atomic mass is 35.5. The van der Waals surface area contributed by atoms with Crippen LogP contribution in [0.3, 0.4) is 0 Å². The summed E-state index contributed by atoms with van der Waals surface area (Å²) in [6.45, 7) is 1.50. The lowest BCUT2D eigenvalue weighted by molar-refractivity contribution is 0.0968. The number of fused-ring (bicyclic) bond motifs is 1. The van der Waals surface area contributed by atoms with Gasteiger partial charge in [0, 0.05) is 35.8 Å². The molecule has 2 aromatic heterocycles. The number of hydrogen-bond donors (Lipinski definition) is 1. The predicted molar refractivity (Wildman–Crippen MR) is 126 cm³/mol. The van der Waals surface area contributed by atoms with Crippen molar-refractivity contribution in [2.45, 2.75) is 18.9 Å². The molecule has 1 saturated heterocycles. The lowest BCUT2D eigenvalue weighted by Gasteiger charge is -2.34. The number of nitrogens with zero attached hydrogens (tertiary/aromatic N) is 5. The molecule has 7 nitrogen and oxygen atoms in total. The van der Waals surface area contributed by atoms with Crippen molar-refractivity contribution in [3.05, 3.63) is 71.3 Å². The monoisotopic (exact) mass is 464 g/mol. The van der Waals surface area contributed by atoms with Crippen molar-refractivity contribution in [3.63, 3.8) is 0 Å². The largest absolute Gasteiger partial charge is 0.315 e. The van der Waals surface area contributed by atoms with Crippen LogP contribution >= 0.6 is 11.6 Å². The molecule has 2 aromatic carbocycles. The number of pyridine rings is 1.